The first-order chi connectivity index (χ1) is 5.47. The van der Waals surface area contributed by atoms with Crippen molar-refractivity contribution in [2.24, 2.45) is 17.3 Å². The lowest BCUT2D eigenvalue weighted by Gasteiger charge is -2.31. The molecule has 12 heavy (non-hydrogen) atoms. The Labute approximate surface area is 77.1 Å². The lowest BCUT2D eigenvalue weighted by Crippen LogP contribution is -2.23. The van der Waals surface area contributed by atoms with Crippen LogP contribution in [-0.4, -0.2) is 0 Å². The number of hydrogen-bond donors (Lipinski definition) is 0. The van der Waals surface area contributed by atoms with Crippen LogP contribution in [0.1, 0.15) is 47.5 Å². The molecule has 70 valence electrons. The summed E-state index contributed by atoms with van der Waals surface area (Å²) in [6, 6.07) is 0. The molecule has 0 aromatic heterocycles. The van der Waals surface area contributed by atoms with Crippen molar-refractivity contribution in [3.63, 3.8) is 0 Å². The molecule has 0 fully saturated rings. The first-order valence-electron chi connectivity index (χ1n) is 5.15. The summed E-state index contributed by atoms with van der Waals surface area (Å²) in [4.78, 5) is 0. The molecule has 1 aliphatic rings. The topological polar surface area (TPSA) is 0 Å². The van der Waals surface area contributed by atoms with Crippen molar-refractivity contribution < 1.29 is 0 Å². The van der Waals surface area contributed by atoms with E-state index in [1.807, 2.05) is 0 Å². The molecule has 1 rings (SSSR count). The fourth-order valence-electron chi connectivity index (χ4n) is 2.63. The van der Waals surface area contributed by atoms with E-state index in [1.165, 1.54) is 12.8 Å². The van der Waals surface area contributed by atoms with E-state index in [2.05, 4.69) is 40.7 Å². The molecule has 0 heterocycles. The minimum atomic E-state index is 0.444. The SMILES string of the molecule is CC[C@H](C)[C@H]1CC(C)=CC1(C)C. The summed E-state index contributed by atoms with van der Waals surface area (Å²) < 4.78 is 0. The Morgan fingerprint density at radius 3 is 2.50 bits per heavy atom. The van der Waals surface area contributed by atoms with E-state index in [0.29, 0.717) is 5.41 Å². The van der Waals surface area contributed by atoms with Gasteiger partial charge in [-0.3, -0.25) is 0 Å². The largest absolute Gasteiger partial charge is 0.0796 e. The Bertz CT molecular complexity index is 186. The highest BCUT2D eigenvalue weighted by Gasteiger charge is 2.35. The summed E-state index contributed by atoms with van der Waals surface area (Å²) in [5.41, 5.74) is 2.03. The van der Waals surface area contributed by atoms with Crippen LogP contribution < -0.4 is 0 Å². The highest BCUT2D eigenvalue weighted by molar-refractivity contribution is 5.16. The summed E-state index contributed by atoms with van der Waals surface area (Å²) in [7, 11) is 0. The second kappa shape index (κ2) is 3.24. The van der Waals surface area contributed by atoms with Gasteiger partial charge in [-0.15, -0.1) is 0 Å². The van der Waals surface area contributed by atoms with Gasteiger partial charge in [0.2, 0.25) is 0 Å². The van der Waals surface area contributed by atoms with Crippen LogP contribution in [-0.2, 0) is 0 Å². The van der Waals surface area contributed by atoms with Crippen molar-refractivity contribution in [2.45, 2.75) is 47.5 Å². The molecule has 0 saturated heterocycles. The molecule has 0 N–H and O–H groups in total. The standard InChI is InChI=1S/C12H22/c1-6-10(3)11-7-9(2)8-12(11,4)5/h8,10-11H,6-7H2,1-5H3/t10-,11+/m0/s1. The predicted octanol–water partition coefficient (Wildman–Crippen LogP) is 4.02. The van der Waals surface area contributed by atoms with Gasteiger partial charge in [0.1, 0.15) is 0 Å². The lowest BCUT2D eigenvalue weighted by molar-refractivity contribution is 0.214. The van der Waals surface area contributed by atoms with Gasteiger partial charge in [0, 0.05) is 0 Å². The maximum absolute atomic E-state index is 2.46. The van der Waals surface area contributed by atoms with Crippen molar-refractivity contribution in [3.8, 4) is 0 Å². The van der Waals surface area contributed by atoms with Gasteiger partial charge in [-0.2, -0.15) is 0 Å². The molecule has 0 aromatic rings. The zero-order valence-electron chi connectivity index (χ0n) is 9.15. The molecule has 0 heteroatoms. The summed E-state index contributed by atoms with van der Waals surface area (Å²) in [5.74, 6) is 1.75. The van der Waals surface area contributed by atoms with Crippen molar-refractivity contribution in [1.82, 2.24) is 0 Å². The monoisotopic (exact) mass is 166 g/mol. The molecule has 0 amide bonds. The van der Waals surface area contributed by atoms with E-state index in [9.17, 15) is 0 Å². The summed E-state index contributed by atoms with van der Waals surface area (Å²) >= 11 is 0. The Kier molecular flexibility index (Phi) is 2.65. The average molecular weight is 166 g/mol. The van der Waals surface area contributed by atoms with E-state index < -0.39 is 0 Å². The summed E-state index contributed by atoms with van der Waals surface area (Å²) in [6.07, 6.45) is 5.10. The van der Waals surface area contributed by atoms with Crippen molar-refractivity contribution in [1.29, 1.82) is 0 Å². The summed E-state index contributed by atoms with van der Waals surface area (Å²) in [5, 5.41) is 0. The minimum Gasteiger partial charge on any atom is -0.0796 e. The number of hydrogen-bond acceptors (Lipinski definition) is 0. The Morgan fingerprint density at radius 1 is 1.58 bits per heavy atom. The molecule has 2 atom stereocenters. The van der Waals surface area contributed by atoms with Crippen LogP contribution >= 0.6 is 0 Å². The zero-order valence-corrected chi connectivity index (χ0v) is 9.15. The third-order valence-corrected chi connectivity index (χ3v) is 3.45. The van der Waals surface area contributed by atoms with Crippen LogP contribution in [0.2, 0.25) is 0 Å². The minimum absolute atomic E-state index is 0.444. The molecular formula is C12H22. The van der Waals surface area contributed by atoms with Crippen LogP contribution in [0.25, 0.3) is 0 Å². The maximum atomic E-state index is 2.46. The molecule has 0 aliphatic heterocycles. The summed E-state index contributed by atoms with van der Waals surface area (Å²) in [6.45, 7) is 11.7. The molecule has 0 unspecified atom stereocenters. The van der Waals surface area contributed by atoms with Crippen LogP contribution in [0.4, 0.5) is 0 Å². The average Bonchev–Trinajstić information content (AvgIpc) is 2.23. The van der Waals surface area contributed by atoms with E-state index in [1.54, 1.807) is 5.57 Å². The Hall–Kier alpha value is -0.260. The molecule has 0 radical (unpaired) electrons. The first kappa shape index (κ1) is 9.83. The highest BCUT2D eigenvalue weighted by atomic mass is 14.4. The van der Waals surface area contributed by atoms with Gasteiger partial charge in [0.05, 0.1) is 0 Å². The smallest absolute Gasteiger partial charge is 0.0138 e. The third kappa shape index (κ3) is 1.73. The maximum Gasteiger partial charge on any atom is -0.0138 e. The van der Waals surface area contributed by atoms with Crippen molar-refractivity contribution in [3.05, 3.63) is 11.6 Å². The van der Waals surface area contributed by atoms with Gasteiger partial charge in [-0.1, -0.05) is 45.8 Å². The van der Waals surface area contributed by atoms with E-state index in [4.69, 9.17) is 0 Å². The van der Waals surface area contributed by atoms with Crippen LogP contribution in [0.15, 0.2) is 11.6 Å². The van der Waals surface area contributed by atoms with Gasteiger partial charge in [-0.05, 0) is 30.6 Å². The van der Waals surface area contributed by atoms with Crippen LogP contribution in [0.3, 0.4) is 0 Å². The lowest BCUT2D eigenvalue weighted by atomic mass is 9.74. The van der Waals surface area contributed by atoms with E-state index in [-0.39, 0.29) is 0 Å². The fraction of sp³-hybridized carbons (Fsp3) is 0.833. The molecule has 0 nitrogen and oxygen atoms in total. The van der Waals surface area contributed by atoms with Gasteiger partial charge in [-0.25, -0.2) is 0 Å². The fourth-order valence-corrected chi connectivity index (χ4v) is 2.63. The van der Waals surface area contributed by atoms with Crippen LogP contribution in [0, 0.1) is 17.3 Å². The normalized spacial score (nSPS) is 30.1. The molecule has 0 saturated carbocycles. The second-order valence-electron chi connectivity index (χ2n) is 5.01. The quantitative estimate of drug-likeness (QED) is 0.543. The third-order valence-electron chi connectivity index (χ3n) is 3.45. The van der Waals surface area contributed by atoms with Crippen molar-refractivity contribution >= 4 is 0 Å². The van der Waals surface area contributed by atoms with Crippen molar-refractivity contribution in [2.75, 3.05) is 0 Å². The predicted molar refractivity (Wildman–Crippen MR) is 55.1 cm³/mol. The Balaban J connectivity index is 2.71. The van der Waals surface area contributed by atoms with E-state index >= 15 is 0 Å². The Morgan fingerprint density at radius 2 is 2.17 bits per heavy atom. The van der Waals surface area contributed by atoms with Crippen LogP contribution in [0.5, 0.6) is 0 Å². The van der Waals surface area contributed by atoms with Gasteiger partial charge in [0.15, 0.2) is 0 Å². The molecule has 1 aliphatic carbocycles. The number of allylic oxidation sites excluding steroid dienone is 2. The zero-order chi connectivity index (χ0) is 9.35. The number of rotatable bonds is 2. The van der Waals surface area contributed by atoms with Gasteiger partial charge < -0.3 is 0 Å². The first-order valence-corrected chi connectivity index (χ1v) is 5.15. The molecular weight excluding hydrogens is 144 g/mol. The molecule has 0 spiro atoms. The van der Waals surface area contributed by atoms with Gasteiger partial charge in [0.25, 0.3) is 0 Å². The second-order valence-corrected chi connectivity index (χ2v) is 5.01. The van der Waals surface area contributed by atoms with E-state index in [0.717, 1.165) is 11.8 Å². The van der Waals surface area contributed by atoms with Gasteiger partial charge >= 0.3 is 0 Å². The molecule has 0 aromatic carbocycles. The molecule has 0 bridgehead atoms. The highest BCUT2D eigenvalue weighted by Crippen LogP contribution is 2.45.